The van der Waals surface area contributed by atoms with E-state index in [2.05, 4.69) is 12.0 Å². The topological polar surface area (TPSA) is 47.6 Å². The predicted molar refractivity (Wildman–Crippen MR) is 97.8 cm³/mol. The molecule has 1 unspecified atom stereocenters. The first kappa shape index (κ1) is 21.2. The highest BCUT2D eigenvalue weighted by Crippen LogP contribution is 2.46. The lowest BCUT2D eigenvalue weighted by Gasteiger charge is -2.10. The van der Waals surface area contributed by atoms with Crippen molar-refractivity contribution in [1.82, 2.24) is 5.09 Å². The van der Waals surface area contributed by atoms with Crippen LogP contribution in [0.4, 0.5) is 0 Å². The molecule has 0 radical (unpaired) electrons. The Balaban J connectivity index is 1.71. The molecule has 1 aliphatic heterocycles. The second kappa shape index (κ2) is 14.5. The molecule has 0 saturated carbocycles. The normalized spacial score (nSPS) is 21.1. The molecular formula is C18H38NO3P. The molecular weight excluding hydrogens is 309 g/mol. The van der Waals surface area contributed by atoms with Crippen LogP contribution in [0.25, 0.3) is 0 Å². The minimum absolute atomic E-state index is 0.496. The van der Waals surface area contributed by atoms with Gasteiger partial charge in [-0.05, 0) is 6.42 Å². The summed E-state index contributed by atoms with van der Waals surface area (Å²) < 4.78 is 22.2. The number of rotatable bonds is 16. The summed E-state index contributed by atoms with van der Waals surface area (Å²) in [4.78, 5) is 0. The minimum Gasteiger partial charge on any atom is -0.297 e. The Morgan fingerprint density at radius 3 is 1.74 bits per heavy atom. The summed E-state index contributed by atoms with van der Waals surface area (Å²) in [6.07, 6.45) is 18.8. The van der Waals surface area contributed by atoms with E-state index in [4.69, 9.17) is 9.05 Å². The summed E-state index contributed by atoms with van der Waals surface area (Å²) >= 11 is 0. The van der Waals surface area contributed by atoms with Crippen LogP contribution in [-0.2, 0) is 13.6 Å². The molecule has 1 saturated heterocycles. The van der Waals surface area contributed by atoms with Gasteiger partial charge in [0.1, 0.15) is 0 Å². The molecule has 0 aromatic carbocycles. The molecule has 4 nitrogen and oxygen atoms in total. The minimum atomic E-state index is -2.91. The fourth-order valence-electron chi connectivity index (χ4n) is 2.96. The number of hydrogen-bond donors (Lipinski definition) is 1. The first-order chi connectivity index (χ1) is 11.3. The van der Waals surface area contributed by atoms with Gasteiger partial charge in [-0.25, -0.2) is 9.65 Å². The number of nitrogens with one attached hydrogen (secondary N) is 1. The number of unbranched alkanes of at least 4 members (excludes halogenated alkanes) is 13. The van der Waals surface area contributed by atoms with Gasteiger partial charge in [0.15, 0.2) is 0 Å². The average Bonchev–Trinajstić information content (AvgIpc) is 2.98. The van der Waals surface area contributed by atoms with Crippen molar-refractivity contribution in [1.29, 1.82) is 0 Å². The van der Waals surface area contributed by atoms with Gasteiger partial charge >= 0.3 is 7.75 Å². The quantitative estimate of drug-likeness (QED) is 0.266. The standard InChI is InChI=1S/C18H38NO3P/c1-2-3-4-5-6-7-8-9-10-11-12-13-14-15-17-21-23(20)19-16-18-22-23/h2-18H2,1H3,(H,19,20). The average molecular weight is 347 g/mol. The maximum absolute atomic E-state index is 11.8. The van der Waals surface area contributed by atoms with Crippen LogP contribution in [0.2, 0.25) is 0 Å². The molecule has 1 rings (SSSR count). The molecule has 0 amide bonds. The van der Waals surface area contributed by atoms with Crippen LogP contribution in [0.5, 0.6) is 0 Å². The van der Waals surface area contributed by atoms with Crippen molar-refractivity contribution in [2.24, 2.45) is 0 Å². The third-order valence-electron chi connectivity index (χ3n) is 4.43. The van der Waals surface area contributed by atoms with Crippen LogP contribution >= 0.6 is 7.75 Å². The summed E-state index contributed by atoms with van der Waals surface area (Å²) in [5, 5.41) is 2.79. The Kier molecular flexibility index (Phi) is 13.3. The van der Waals surface area contributed by atoms with Crippen LogP contribution in [0.15, 0.2) is 0 Å². The Morgan fingerprint density at radius 2 is 1.30 bits per heavy atom. The molecule has 1 fully saturated rings. The van der Waals surface area contributed by atoms with E-state index in [0.717, 1.165) is 12.8 Å². The Labute approximate surface area is 143 Å². The zero-order valence-corrected chi connectivity index (χ0v) is 16.1. The molecule has 0 aliphatic carbocycles. The second-order valence-electron chi connectivity index (χ2n) is 6.67. The second-order valence-corrected chi connectivity index (χ2v) is 8.50. The molecule has 1 N–H and O–H groups in total. The van der Waals surface area contributed by atoms with Crippen molar-refractivity contribution in [3.8, 4) is 0 Å². The van der Waals surface area contributed by atoms with Gasteiger partial charge in [-0.1, -0.05) is 90.4 Å². The third-order valence-corrected chi connectivity index (χ3v) is 6.08. The van der Waals surface area contributed by atoms with E-state index >= 15 is 0 Å². The molecule has 0 spiro atoms. The van der Waals surface area contributed by atoms with E-state index in [9.17, 15) is 4.57 Å². The van der Waals surface area contributed by atoms with E-state index in [-0.39, 0.29) is 0 Å². The molecule has 0 aromatic rings. The SMILES string of the molecule is CCCCCCCCCCCCCCCCOP1(=O)NCCO1. The summed E-state index contributed by atoms with van der Waals surface area (Å²) in [7, 11) is -2.91. The zero-order chi connectivity index (χ0) is 16.6. The molecule has 1 atom stereocenters. The van der Waals surface area contributed by atoms with Crippen molar-refractivity contribution in [2.45, 2.75) is 96.8 Å². The largest absolute Gasteiger partial charge is 0.405 e. The van der Waals surface area contributed by atoms with Crippen LogP contribution in [0.3, 0.4) is 0 Å². The molecule has 23 heavy (non-hydrogen) atoms. The lowest BCUT2D eigenvalue weighted by atomic mass is 10.0. The monoisotopic (exact) mass is 347 g/mol. The smallest absolute Gasteiger partial charge is 0.297 e. The Bertz CT molecular complexity index is 303. The van der Waals surface area contributed by atoms with E-state index in [1.54, 1.807) is 0 Å². The maximum atomic E-state index is 11.8. The van der Waals surface area contributed by atoms with Crippen molar-refractivity contribution in [3.05, 3.63) is 0 Å². The lowest BCUT2D eigenvalue weighted by Crippen LogP contribution is -2.06. The first-order valence-corrected chi connectivity index (χ1v) is 11.5. The summed E-state index contributed by atoms with van der Waals surface area (Å²) in [6, 6.07) is 0. The highest BCUT2D eigenvalue weighted by atomic mass is 31.2. The van der Waals surface area contributed by atoms with Crippen LogP contribution in [0.1, 0.15) is 96.8 Å². The third kappa shape index (κ3) is 12.2. The van der Waals surface area contributed by atoms with Gasteiger partial charge in [-0.2, -0.15) is 0 Å². The predicted octanol–water partition coefficient (Wildman–Crippen LogP) is 6.21. The van der Waals surface area contributed by atoms with Gasteiger partial charge in [0.25, 0.3) is 0 Å². The molecule has 1 aliphatic rings. The lowest BCUT2D eigenvalue weighted by molar-refractivity contribution is 0.224. The molecule has 1 heterocycles. The van der Waals surface area contributed by atoms with E-state index < -0.39 is 7.75 Å². The Hall–Kier alpha value is 0.110. The van der Waals surface area contributed by atoms with Gasteiger partial charge in [0.05, 0.1) is 13.2 Å². The molecule has 138 valence electrons. The Morgan fingerprint density at radius 1 is 0.826 bits per heavy atom. The van der Waals surface area contributed by atoms with Crippen LogP contribution in [0, 0.1) is 0 Å². The van der Waals surface area contributed by atoms with Crippen molar-refractivity contribution < 1.29 is 13.6 Å². The molecule has 5 heteroatoms. The van der Waals surface area contributed by atoms with Gasteiger partial charge in [-0.3, -0.25) is 9.05 Å². The van der Waals surface area contributed by atoms with Gasteiger partial charge in [0, 0.05) is 6.54 Å². The maximum Gasteiger partial charge on any atom is 0.405 e. The molecule has 0 aromatic heterocycles. The van der Waals surface area contributed by atoms with E-state index in [1.165, 1.54) is 77.0 Å². The van der Waals surface area contributed by atoms with Crippen molar-refractivity contribution in [3.63, 3.8) is 0 Å². The van der Waals surface area contributed by atoms with Gasteiger partial charge < -0.3 is 0 Å². The molecule has 0 bridgehead atoms. The van der Waals surface area contributed by atoms with Crippen LogP contribution in [-0.4, -0.2) is 19.8 Å². The first-order valence-electron chi connectivity index (χ1n) is 9.91. The highest BCUT2D eigenvalue weighted by molar-refractivity contribution is 7.51. The van der Waals surface area contributed by atoms with Crippen molar-refractivity contribution in [2.75, 3.05) is 19.8 Å². The van der Waals surface area contributed by atoms with Crippen molar-refractivity contribution >= 4 is 7.75 Å². The summed E-state index contributed by atoms with van der Waals surface area (Å²) in [5.41, 5.74) is 0. The van der Waals surface area contributed by atoms with E-state index in [0.29, 0.717) is 19.8 Å². The fraction of sp³-hybridized carbons (Fsp3) is 1.00. The fourth-order valence-corrected chi connectivity index (χ4v) is 4.28. The van der Waals surface area contributed by atoms with E-state index in [1.807, 2.05) is 0 Å². The van der Waals surface area contributed by atoms with Crippen LogP contribution < -0.4 is 5.09 Å². The van der Waals surface area contributed by atoms with Gasteiger partial charge in [-0.15, -0.1) is 0 Å². The highest BCUT2D eigenvalue weighted by Gasteiger charge is 2.28. The summed E-state index contributed by atoms with van der Waals surface area (Å²) in [5.74, 6) is 0. The zero-order valence-electron chi connectivity index (χ0n) is 15.2. The summed E-state index contributed by atoms with van der Waals surface area (Å²) in [6.45, 7) is 3.95. The van der Waals surface area contributed by atoms with Gasteiger partial charge in [0.2, 0.25) is 0 Å². The number of hydrogen-bond acceptors (Lipinski definition) is 3.